The molecule has 0 bridgehead atoms. The first kappa shape index (κ1) is 21.7. The molecule has 0 unspecified atom stereocenters. The molecule has 2 aromatic heterocycles. The van der Waals surface area contributed by atoms with E-state index in [0.29, 0.717) is 23.1 Å². The third-order valence-electron chi connectivity index (χ3n) is 4.95. The quantitative estimate of drug-likeness (QED) is 0.487. The molecule has 32 heavy (non-hydrogen) atoms. The van der Waals surface area contributed by atoms with E-state index in [1.165, 1.54) is 29.1 Å². The Morgan fingerprint density at radius 2 is 2.16 bits per heavy atom. The van der Waals surface area contributed by atoms with Crippen LogP contribution in [0.2, 0.25) is 0 Å². The number of aliphatic hydroxyl groups excluding tert-OH is 1. The molecule has 1 aliphatic rings. The van der Waals surface area contributed by atoms with E-state index in [4.69, 9.17) is 15.6 Å². The van der Waals surface area contributed by atoms with Crippen molar-refractivity contribution in [1.29, 1.82) is 0 Å². The molecule has 1 aromatic carbocycles. The highest BCUT2D eigenvalue weighted by Crippen LogP contribution is 2.24. The van der Waals surface area contributed by atoms with Crippen LogP contribution < -0.4 is 16.0 Å². The monoisotopic (exact) mass is 455 g/mol. The lowest BCUT2D eigenvalue weighted by Gasteiger charge is -2.09. The number of sulfone groups is 1. The molecular weight excluding hydrogens is 434 g/mol. The Morgan fingerprint density at radius 3 is 2.94 bits per heavy atom. The predicted octanol–water partition coefficient (Wildman–Crippen LogP) is 0.412. The molecule has 0 amide bonds. The fourth-order valence-electron chi connectivity index (χ4n) is 3.34. The first-order chi connectivity index (χ1) is 15.4. The summed E-state index contributed by atoms with van der Waals surface area (Å²) in [6.45, 7) is 0.625. The summed E-state index contributed by atoms with van der Waals surface area (Å²) in [5.41, 5.74) is 6.65. The normalized spacial score (nSPS) is 14.1. The summed E-state index contributed by atoms with van der Waals surface area (Å²) in [7, 11) is -3.95. The second-order valence-corrected chi connectivity index (χ2v) is 8.98. The second kappa shape index (κ2) is 8.89. The van der Waals surface area contributed by atoms with Crippen molar-refractivity contribution in [2.75, 3.05) is 19.8 Å². The average Bonchev–Trinajstić information content (AvgIpc) is 3.26. The summed E-state index contributed by atoms with van der Waals surface area (Å²) in [6.07, 6.45) is 4.20. The van der Waals surface area contributed by atoms with Gasteiger partial charge < -0.3 is 15.6 Å². The molecule has 0 radical (unpaired) electrons. The van der Waals surface area contributed by atoms with Crippen LogP contribution in [0.4, 0.5) is 0 Å². The molecule has 3 heterocycles. The summed E-state index contributed by atoms with van der Waals surface area (Å²) in [5.74, 6) is 0.758. The van der Waals surface area contributed by atoms with Gasteiger partial charge >= 0.3 is 0 Å². The Bertz CT molecular complexity index is 1400. The van der Waals surface area contributed by atoms with Crippen LogP contribution in [0.3, 0.4) is 0 Å². The minimum atomic E-state index is -3.95. The Labute approximate surface area is 183 Å². The van der Waals surface area contributed by atoms with Crippen molar-refractivity contribution in [3.05, 3.63) is 69.4 Å². The topological polar surface area (TPSA) is 150 Å². The van der Waals surface area contributed by atoms with Gasteiger partial charge in [-0.1, -0.05) is 0 Å². The van der Waals surface area contributed by atoms with E-state index in [1.54, 1.807) is 6.07 Å². The minimum absolute atomic E-state index is 0.0450. The number of aliphatic hydroxyl groups is 1. The summed E-state index contributed by atoms with van der Waals surface area (Å²) < 4.78 is 32.5. The number of nitrogens with zero attached hydrogens (tertiary/aromatic N) is 4. The summed E-state index contributed by atoms with van der Waals surface area (Å²) in [6, 6.07) is 7.79. The lowest BCUT2D eigenvalue weighted by Crippen LogP contribution is -2.24. The molecule has 0 aliphatic carbocycles. The predicted molar refractivity (Wildman–Crippen MR) is 118 cm³/mol. The Kier molecular flexibility index (Phi) is 6.01. The van der Waals surface area contributed by atoms with Crippen molar-refractivity contribution >= 4 is 26.8 Å². The van der Waals surface area contributed by atoms with Crippen molar-refractivity contribution in [2.45, 2.75) is 17.9 Å². The Hall–Kier alpha value is -3.57. The van der Waals surface area contributed by atoms with E-state index >= 15 is 0 Å². The van der Waals surface area contributed by atoms with Crippen LogP contribution in [0.5, 0.6) is 5.75 Å². The number of hydrogen-bond donors (Lipinski definition) is 2. The van der Waals surface area contributed by atoms with Crippen LogP contribution in [-0.4, -0.2) is 54.3 Å². The van der Waals surface area contributed by atoms with Crippen molar-refractivity contribution in [3.63, 3.8) is 0 Å². The number of ether oxygens (including phenoxy) is 1. The van der Waals surface area contributed by atoms with Gasteiger partial charge in [-0.3, -0.25) is 14.8 Å². The molecule has 3 N–H and O–H groups in total. The fourth-order valence-corrected chi connectivity index (χ4v) is 4.53. The van der Waals surface area contributed by atoms with Crippen LogP contribution in [0, 0.1) is 0 Å². The molecule has 0 saturated heterocycles. The second-order valence-electron chi connectivity index (χ2n) is 7.03. The molecule has 0 spiro atoms. The van der Waals surface area contributed by atoms with Crippen molar-refractivity contribution in [2.24, 2.45) is 10.7 Å². The summed E-state index contributed by atoms with van der Waals surface area (Å²) >= 11 is 0. The Morgan fingerprint density at radius 1 is 1.31 bits per heavy atom. The number of fused-ring (bicyclic) bond motifs is 2. The van der Waals surface area contributed by atoms with Gasteiger partial charge in [0, 0.05) is 24.2 Å². The number of allylic oxidation sites excluding steroid dienone is 1. The lowest BCUT2D eigenvalue weighted by atomic mass is 10.2. The van der Waals surface area contributed by atoms with E-state index in [1.807, 2.05) is 6.07 Å². The zero-order valence-electron chi connectivity index (χ0n) is 17.0. The van der Waals surface area contributed by atoms with Gasteiger partial charge in [-0.25, -0.2) is 13.1 Å². The Balaban J connectivity index is 1.66. The summed E-state index contributed by atoms with van der Waals surface area (Å²) in [4.78, 5) is 21.0. The molecule has 3 aromatic rings. The van der Waals surface area contributed by atoms with Crippen LogP contribution in [-0.2, 0) is 22.8 Å². The number of nitrogens with two attached hydrogens (primary N) is 1. The third kappa shape index (κ3) is 4.12. The highest BCUT2D eigenvalue weighted by atomic mass is 32.2. The molecule has 0 atom stereocenters. The highest BCUT2D eigenvalue weighted by Gasteiger charge is 2.20. The maximum Gasteiger partial charge on any atom is 0.274 e. The van der Waals surface area contributed by atoms with Crippen molar-refractivity contribution in [1.82, 2.24) is 14.8 Å². The standard InChI is InChI=1S/C21H21N5O5S/c22-10-17(12-23-6-7-27)32(29,30)16-2-3-18-14(9-16)11-24-26(21(18)28)13-15-1-4-20-19(25-15)5-8-31-20/h1-4,9-12,27H,5-8,13,22H2/b17-10+,23-12?. The maximum absolute atomic E-state index is 12.9. The number of pyridine rings is 1. The maximum atomic E-state index is 12.9. The molecule has 11 heteroatoms. The first-order valence-corrected chi connectivity index (χ1v) is 11.3. The highest BCUT2D eigenvalue weighted by molar-refractivity contribution is 7.96. The van der Waals surface area contributed by atoms with Gasteiger partial charge in [0.2, 0.25) is 9.84 Å². The molecule has 0 fully saturated rings. The van der Waals surface area contributed by atoms with Crippen LogP contribution in [0.25, 0.3) is 10.8 Å². The zero-order chi connectivity index (χ0) is 22.7. The first-order valence-electron chi connectivity index (χ1n) is 9.83. The van der Waals surface area contributed by atoms with Gasteiger partial charge in [0.1, 0.15) is 10.7 Å². The average molecular weight is 455 g/mol. The van der Waals surface area contributed by atoms with Gasteiger partial charge in [0.25, 0.3) is 5.56 Å². The SMILES string of the molecule is N/C=C(\C=NCCO)S(=O)(=O)c1ccc2c(=O)n(Cc3ccc4c(n3)CCO4)ncc2c1. The number of aliphatic imine (C=N–C) groups is 1. The molecule has 0 saturated carbocycles. The minimum Gasteiger partial charge on any atom is -0.491 e. The largest absolute Gasteiger partial charge is 0.491 e. The van der Waals surface area contributed by atoms with Gasteiger partial charge in [-0.15, -0.1) is 0 Å². The van der Waals surface area contributed by atoms with E-state index < -0.39 is 9.84 Å². The van der Waals surface area contributed by atoms with Crippen molar-refractivity contribution < 1.29 is 18.3 Å². The van der Waals surface area contributed by atoms with Crippen molar-refractivity contribution in [3.8, 4) is 5.75 Å². The molecule has 4 rings (SSSR count). The molecule has 1 aliphatic heterocycles. The van der Waals surface area contributed by atoms with Gasteiger partial charge in [0.05, 0.1) is 54.2 Å². The van der Waals surface area contributed by atoms with Crippen LogP contribution in [0.1, 0.15) is 11.4 Å². The van der Waals surface area contributed by atoms with E-state index in [2.05, 4.69) is 15.1 Å². The number of rotatable bonds is 7. The van der Waals surface area contributed by atoms with Crippen LogP contribution >= 0.6 is 0 Å². The summed E-state index contributed by atoms with van der Waals surface area (Å²) in [5, 5.41) is 13.7. The molecule has 166 valence electrons. The molecular formula is C21H21N5O5S. The van der Waals surface area contributed by atoms with E-state index in [-0.39, 0.29) is 35.1 Å². The third-order valence-corrected chi connectivity index (χ3v) is 6.69. The van der Waals surface area contributed by atoms with Gasteiger partial charge in [-0.2, -0.15) is 5.10 Å². The number of aromatic nitrogens is 3. The van der Waals surface area contributed by atoms with Crippen LogP contribution in [0.15, 0.2) is 62.3 Å². The smallest absolute Gasteiger partial charge is 0.274 e. The number of hydrogen-bond acceptors (Lipinski definition) is 9. The zero-order valence-corrected chi connectivity index (χ0v) is 17.8. The fraction of sp³-hybridized carbons (Fsp3) is 0.238. The molecule has 10 nitrogen and oxygen atoms in total. The number of benzene rings is 1. The van der Waals surface area contributed by atoms with Gasteiger partial charge in [-0.05, 0) is 30.3 Å². The van der Waals surface area contributed by atoms with Gasteiger partial charge in [0.15, 0.2) is 0 Å². The van der Waals surface area contributed by atoms with E-state index in [9.17, 15) is 13.2 Å². The lowest BCUT2D eigenvalue weighted by molar-refractivity contribution is 0.307. The van der Waals surface area contributed by atoms with E-state index in [0.717, 1.165) is 30.3 Å².